The molecule has 0 aliphatic heterocycles. The smallest absolute Gasteiger partial charge is 0.123 e. The van der Waals surface area contributed by atoms with E-state index in [-0.39, 0.29) is 5.82 Å². The highest BCUT2D eigenvalue weighted by molar-refractivity contribution is 6.01. The monoisotopic (exact) mass is 290 g/mol. The van der Waals surface area contributed by atoms with E-state index in [4.69, 9.17) is 0 Å². The summed E-state index contributed by atoms with van der Waals surface area (Å²) in [5, 5.41) is 8.31. The zero-order valence-electron chi connectivity index (χ0n) is 11.5. The van der Waals surface area contributed by atoms with Gasteiger partial charge in [-0.1, -0.05) is 0 Å². The molecule has 0 saturated carbocycles. The molecule has 3 aromatic heterocycles. The number of hydrogen-bond acceptors (Lipinski definition) is 3. The molecule has 0 fully saturated rings. The van der Waals surface area contributed by atoms with Gasteiger partial charge in [-0.25, -0.2) is 4.39 Å². The Labute approximate surface area is 125 Å². The normalized spacial score (nSPS) is 11.0. The van der Waals surface area contributed by atoms with Crippen LogP contribution in [0, 0.1) is 5.82 Å². The fourth-order valence-electron chi connectivity index (χ4n) is 2.51. The molecule has 0 saturated heterocycles. The Balaban J connectivity index is 2.00. The largest absolute Gasteiger partial charge is 0.277 e. The zero-order chi connectivity index (χ0) is 14.9. The van der Waals surface area contributed by atoms with Gasteiger partial charge >= 0.3 is 0 Å². The van der Waals surface area contributed by atoms with E-state index in [1.165, 1.54) is 12.1 Å². The van der Waals surface area contributed by atoms with Gasteiger partial charge in [-0.05, 0) is 42.5 Å². The fourth-order valence-corrected chi connectivity index (χ4v) is 2.51. The van der Waals surface area contributed by atoms with Gasteiger partial charge in [0.1, 0.15) is 11.5 Å². The number of aromatic nitrogens is 4. The lowest BCUT2D eigenvalue weighted by Crippen LogP contribution is -1.87. The molecule has 3 heterocycles. The first-order valence-electron chi connectivity index (χ1n) is 6.82. The molecule has 0 atom stereocenters. The topological polar surface area (TPSA) is 54.5 Å². The third-order valence-electron chi connectivity index (χ3n) is 3.53. The van der Waals surface area contributed by atoms with Crippen molar-refractivity contribution < 1.29 is 4.39 Å². The number of nitrogens with zero attached hydrogens (tertiary/aromatic N) is 3. The third-order valence-corrected chi connectivity index (χ3v) is 3.53. The molecule has 22 heavy (non-hydrogen) atoms. The van der Waals surface area contributed by atoms with Crippen LogP contribution in [0.15, 0.2) is 61.1 Å². The van der Waals surface area contributed by atoms with Crippen LogP contribution in [-0.2, 0) is 0 Å². The maximum absolute atomic E-state index is 13.2. The lowest BCUT2D eigenvalue weighted by atomic mass is 10.0. The minimum absolute atomic E-state index is 0.268. The molecule has 5 heteroatoms. The van der Waals surface area contributed by atoms with Crippen LogP contribution >= 0.6 is 0 Å². The summed E-state index contributed by atoms with van der Waals surface area (Å²) in [4.78, 5) is 8.60. The van der Waals surface area contributed by atoms with Crippen LogP contribution < -0.4 is 0 Å². The molecule has 0 amide bonds. The minimum Gasteiger partial charge on any atom is -0.277 e. The van der Waals surface area contributed by atoms with Crippen molar-refractivity contribution in [3.63, 3.8) is 0 Å². The molecular weight excluding hydrogens is 279 g/mol. The molecule has 106 valence electrons. The third kappa shape index (κ3) is 2.03. The van der Waals surface area contributed by atoms with E-state index in [0.29, 0.717) is 0 Å². The highest BCUT2D eigenvalue weighted by Gasteiger charge is 2.14. The van der Waals surface area contributed by atoms with E-state index in [1.54, 1.807) is 30.7 Å². The van der Waals surface area contributed by atoms with Crippen molar-refractivity contribution in [2.24, 2.45) is 0 Å². The highest BCUT2D eigenvalue weighted by atomic mass is 19.1. The predicted molar refractivity (Wildman–Crippen MR) is 82.5 cm³/mol. The van der Waals surface area contributed by atoms with E-state index in [2.05, 4.69) is 20.2 Å². The number of fused-ring (bicyclic) bond motifs is 1. The van der Waals surface area contributed by atoms with Crippen molar-refractivity contribution in [1.29, 1.82) is 0 Å². The van der Waals surface area contributed by atoms with Gasteiger partial charge in [-0.15, -0.1) is 0 Å². The second-order valence-corrected chi connectivity index (χ2v) is 4.90. The van der Waals surface area contributed by atoms with E-state index >= 15 is 0 Å². The van der Waals surface area contributed by atoms with E-state index in [0.717, 1.165) is 33.4 Å². The van der Waals surface area contributed by atoms with Crippen LogP contribution in [0.4, 0.5) is 4.39 Å². The number of pyridine rings is 2. The van der Waals surface area contributed by atoms with E-state index in [1.807, 2.05) is 18.2 Å². The molecule has 0 aliphatic rings. The summed E-state index contributed by atoms with van der Waals surface area (Å²) in [6, 6.07) is 12.0. The molecule has 4 rings (SSSR count). The van der Waals surface area contributed by atoms with Crippen molar-refractivity contribution in [3.8, 4) is 22.5 Å². The number of halogens is 1. The Morgan fingerprint density at radius 2 is 1.73 bits per heavy atom. The number of hydrogen-bond donors (Lipinski definition) is 1. The minimum atomic E-state index is -0.268. The molecule has 0 aliphatic carbocycles. The first-order valence-corrected chi connectivity index (χ1v) is 6.82. The SMILES string of the molecule is Fc1ccc(-c2nccc3[nH]nc(-c4cccnc4)c23)cc1. The van der Waals surface area contributed by atoms with Gasteiger partial charge in [0, 0.05) is 29.7 Å². The predicted octanol–water partition coefficient (Wildman–Crippen LogP) is 3.83. The first-order chi connectivity index (χ1) is 10.8. The van der Waals surface area contributed by atoms with Crippen molar-refractivity contribution in [2.45, 2.75) is 0 Å². The summed E-state index contributed by atoms with van der Waals surface area (Å²) < 4.78 is 13.2. The standard InChI is InChI=1S/C17H11FN4/c18-13-5-3-11(4-6-13)16-15-14(7-9-20-16)21-22-17(15)12-2-1-8-19-10-12/h1-10H,(H,21,22). The van der Waals surface area contributed by atoms with Gasteiger partial charge in [0.25, 0.3) is 0 Å². The zero-order valence-corrected chi connectivity index (χ0v) is 11.5. The fraction of sp³-hybridized carbons (Fsp3) is 0. The Morgan fingerprint density at radius 3 is 2.50 bits per heavy atom. The summed E-state index contributed by atoms with van der Waals surface area (Å²) in [7, 11) is 0. The van der Waals surface area contributed by atoms with E-state index in [9.17, 15) is 4.39 Å². The second-order valence-electron chi connectivity index (χ2n) is 4.90. The molecule has 0 spiro atoms. The van der Waals surface area contributed by atoms with Crippen molar-refractivity contribution in [1.82, 2.24) is 20.2 Å². The number of aromatic amines is 1. The van der Waals surface area contributed by atoms with Crippen LogP contribution in [0.1, 0.15) is 0 Å². The van der Waals surface area contributed by atoms with Gasteiger partial charge in [0.05, 0.1) is 16.6 Å². The average Bonchev–Trinajstić information content (AvgIpc) is 3.00. The summed E-state index contributed by atoms with van der Waals surface area (Å²) in [6.45, 7) is 0. The Hall–Kier alpha value is -3.08. The van der Waals surface area contributed by atoms with Crippen molar-refractivity contribution in [3.05, 3.63) is 66.9 Å². The van der Waals surface area contributed by atoms with Gasteiger partial charge in [-0.3, -0.25) is 15.1 Å². The lowest BCUT2D eigenvalue weighted by Gasteiger charge is -2.04. The molecule has 0 unspecified atom stereocenters. The maximum Gasteiger partial charge on any atom is 0.123 e. The Bertz CT molecular complexity index is 930. The Kier molecular flexibility index (Phi) is 2.89. The van der Waals surface area contributed by atoms with Crippen molar-refractivity contribution >= 4 is 10.9 Å². The molecule has 4 aromatic rings. The van der Waals surface area contributed by atoms with Gasteiger partial charge in [0.2, 0.25) is 0 Å². The van der Waals surface area contributed by atoms with E-state index < -0.39 is 0 Å². The molecule has 0 radical (unpaired) electrons. The summed E-state index contributed by atoms with van der Waals surface area (Å²) in [6.07, 6.45) is 5.20. The first kappa shape index (κ1) is 12.6. The van der Waals surface area contributed by atoms with Crippen LogP contribution in [0.2, 0.25) is 0 Å². The summed E-state index contributed by atoms with van der Waals surface area (Å²) in [5.74, 6) is -0.268. The Morgan fingerprint density at radius 1 is 0.864 bits per heavy atom. The second kappa shape index (κ2) is 5.04. The summed E-state index contributed by atoms with van der Waals surface area (Å²) >= 11 is 0. The van der Waals surface area contributed by atoms with Crippen LogP contribution in [0.3, 0.4) is 0 Å². The number of nitrogens with one attached hydrogen (secondary N) is 1. The average molecular weight is 290 g/mol. The maximum atomic E-state index is 13.2. The van der Waals surface area contributed by atoms with Gasteiger partial charge < -0.3 is 0 Å². The quantitative estimate of drug-likeness (QED) is 0.610. The van der Waals surface area contributed by atoms with Crippen molar-refractivity contribution in [2.75, 3.05) is 0 Å². The van der Waals surface area contributed by atoms with Crippen LogP contribution in [0.5, 0.6) is 0 Å². The highest BCUT2D eigenvalue weighted by Crippen LogP contribution is 2.32. The molecule has 0 bridgehead atoms. The number of rotatable bonds is 2. The van der Waals surface area contributed by atoms with Gasteiger partial charge in [-0.2, -0.15) is 5.10 Å². The lowest BCUT2D eigenvalue weighted by molar-refractivity contribution is 0.628. The van der Waals surface area contributed by atoms with Crippen LogP contribution in [-0.4, -0.2) is 20.2 Å². The molecular formula is C17H11FN4. The number of H-pyrrole nitrogens is 1. The van der Waals surface area contributed by atoms with Gasteiger partial charge in [0.15, 0.2) is 0 Å². The molecule has 1 aromatic carbocycles. The number of benzene rings is 1. The summed E-state index contributed by atoms with van der Waals surface area (Å²) in [5.41, 5.74) is 4.19. The molecule has 4 nitrogen and oxygen atoms in total. The molecule has 1 N–H and O–H groups in total. The van der Waals surface area contributed by atoms with Crippen LogP contribution in [0.25, 0.3) is 33.4 Å².